The molecule has 0 amide bonds. The molecule has 0 aromatic rings. The van der Waals surface area contributed by atoms with Crippen LogP contribution in [0.5, 0.6) is 0 Å². The fraction of sp³-hybridized carbons (Fsp3) is 0.545. The minimum Gasteiger partial charge on any atom is -0.222 e. The number of isocyanates is 5. The second-order valence-corrected chi connectivity index (χ2v) is 2.67. The SMILES string of the molecule is N=C=O.N=C=O.N=C=O.O=C=NCCCCCCN=C=O. The highest BCUT2D eigenvalue weighted by atomic mass is 16.1. The number of hydrogen-bond acceptors (Lipinski definition) is 10. The molecule has 0 saturated carbocycles. The van der Waals surface area contributed by atoms with E-state index >= 15 is 0 Å². The van der Waals surface area contributed by atoms with Gasteiger partial charge in [-0.05, 0) is 12.8 Å². The Morgan fingerprint density at radius 1 is 0.571 bits per heavy atom. The van der Waals surface area contributed by atoms with Crippen molar-refractivity contribution in [3.8, 4) is 0 Å². The van der Waals surface area contributed by atoms with E-state index in [1.54, 1.807) is 0 Å². The number of nitrogens with zero attached hydrogens (tertiary/aromatic N) is 2. The molecular weight excluding hydrogens is 282 g/mol. The van der Waals surface area contributed by atoms with Crippen molar-refractivity contribution in [1.29, 1.82) is 16.2 Å². The summed E-state index contributed by atoms with van der Waals surface area (Å²) in [6.07, 6.45) is 9.05. The number of hydrogen-bond donors (Lipinski definition) is 3. The lowest BCUT2D eigenvalue weighted by Gasteiger charge is -1.93. The summed E-state index contributed by atoms with van der Waals surface area (Å²) in [5.41, 5.74) is 0. The summed E-state index contributed by atoms with van der Waals surface area (Å²) in [4.78, 5) is 51.1. The average molecular weight is 297 g/mol. The van der Waals surface area contributed by atoms with Gasteiger partial charge in [0, 0.05) is 0 Å². The molecule has 0 atom stereocenters. The Morgan fingerprint density at radius 3 is 1.00 bits per heavy atom. The Bertz CT molecular complexity index is 356. The second-order valence-electron chi connectivity index (χ2n) is 2.67. The summed E-state index contributed by atoms with van der Waals surface area (Å²) in [6, 6.07) is 0. The first kappa shape index (κ1) is 26.5. The quantitative estimate of drug-likeness (QED) is 0.358. The van der Waals surface area contributed by atoms with E-state index in [1.165, 1.54) is 12.2 Å². The van der Waals surface area contributed by atoms with Gasteiger partial charge in [0.15, 0.2) is 0 Å². The zero-order valence-corrected chi connectivity index (χ0v) is 11.2. The molecule has 0 fully saturated rings. The average Bonchev–Trinajstić information content (AvgIpc) is 2.44. The summed E-state index contributed by atoms with van der Waals surface area (Å²) in [5.74, 6) is 0. The van der Waals surface area contributed by atoms with E-state index in [0.717, 1.165) is 43.9 Å². The Hall–Kier alpha value is -3.10. The predicted molar refractivity (Wildman–Crippen MR) is 69.7 cm³/mol. The summed E-state index contributed by atoms with van der Waals surface area (Å²) < 4.78 is 0. The van der Waals surface area contributed by atoms with Crippen LogP contribution in [0.3, 0.4) is 0 Å². The molecule has 10 nitrogen and oxygen atoms in total. The van der Waals surface area contributed by atoms with Crippen LogP contribution in [0.25, 0.3) is 0 Å². The molecule has 0 spiro atoms. The van der Waals surface area contributed by atoms with E-state index < -0.39 is 0 Å². The van der Waals surface area contributed by atoms with Crippen molar-refractivity contribution in [3.63, 3.8) is 0 Å². The molecule has 21 heavy (non-hydrogen) atoms. The smallest absolute Gasteiger partial charge is 0.222 e. The molecule has 3 N–H and O–H groups in total. The molecule has 0 bridgehead atoms. The monoisotopic (exact) mass is 297 g/mol. The first-order valence-electron chi connectivity index (χ1n) is 5.35. The first-order valence-corrected chi connectivity index (χ1v) is 5.35. The van der Waals surface area contributed by atoms with Gasteiger partial charge in [0.05, 0.1) is 13.1 Å². The maximum Gasteiger partial charge on any atom is 0.234 e. The largest absolute Gasteiger partial charge is 0.234 e. The molecule has 10 heteroatoms. The Balaban J connectivity index is -0.000000132. The van der Waals surface area contributed by atoms with Crippen LogP contribution in [-0.2, 0) is 24.0 Å². The molecule has 0 aliphatic heterocycles. The Kier molecular flexibility index (Phi) is 54.9. The van der Waals surface area contributed by atoms with Crippen LogP contribution in [0.2, 0.25) is 0 Å². The van der Waals surface area contributed by atoms with Crippen LogP contribution >= 0.6 is 0 Å². The van der Waals surface area contributed by atoms with Gasteiger partial charge >= 0.3 is 0 Å². The van der Waals surface area contributed by atoms with E-state index in [9.17, 15) is 9.59 Å². The van der Waals surface area contributed by atoms with E-state index in [4.69, 9.17) is 30.6 Å². The summed E-state index contributed by atoms with van der Waals surface area (Å²) in [6.45, 7) is 1.11. The van der Waals surface area contributed by atoms with E-state index in [2.05, 4.69) is 9.98 Å². The number of nitrogens with one attached hydrogen (secondary N) is 3. The van der Waals surface area contributed by atoms with Gasteiger partial charge in [-0.3, -0.25) is 0 Å². The lowest BCUT2D eigenvalue weighted by Crippen LogP contribution is -1.84. The van der Waals surface area contributed by atoms with Crippen molar-refractivity contribution in [2.24, 2.45) is 9.98 Å². The maximum absolute atomic E-state index is 9.63. The summed E-state index contributed by atoms with van der Waals surface area (Å²) in [7, 11) is 0. The minimum absolute atomic E-state index is 0.556. The molecule has 0 aromatic heterocycles. The second kappa shape index (κ2) is 43.6. The normalized spacial score (nSPS) is 5.90. The van der Waals surface area contributed by atoms with Gasteiger partial charge in [0.1, 0.15) is 0 Å². The van der Waals surface area contributed by atoms with E-state index in [0.29, 0.717) is 13.1 Å². The van der Waals surface area contributed by atoms with Crippen LogP contribution < -0.4 is 0 Å². The number of rotatable bonds is 7. The lowest BCUT2D eigenvalue weighted by molar-refractivity contribution is 0.558. The van der Waals surface area contributed by atoms with Gasteiger partial charge in [0.25, 0.3) is 0 Å². The van der Waals surface area contributed by atoms with E-state index in [-0.39, 0.29) is 0 Å². The van der Waals surface area contributed by atoms with Gasteiger partial charge in [-0.2, -0.15) is 0 Å². The summed E-state index contributed by atoms with van der Waals surface area (Å²) >= 11 is 0. The van der Waals surface area contributed by atoms with Gasteiger partial charge in [-0.15, -0.1) is 0 Å². The molecular formula is C11H15N5O5. The van der Waals surface area contributed by atoms with Crippen LogP contribution in [0.15, 0.2) is 9.98 Å². The minimum atomic E-state index is 0.556. The molecule has 0 aliphatic carbocycles. The van der Waals surface area contributed by atoms with Crippen molar-refractivity contribution in [2.45, 2.75) is 25.7 Å². The molecule has 0 aromatic carbocycles. The standard InChI is InChI=1S/C8H12N2O2.3CHNO/c11-7-9-5-3-1-2-4-6-10-8-12;3*2-1-3/h1-6H2;3*2H. The van der Waals surface area contributed by atoms with Crippen LogP contribution in [0.1, 0.15) is 25.7 Å². The Morgan fingerprint density at radius 2 is 0.810 bits per heavy atom. The summed E-state index contributed by atoms with van der Waals surface area (Å²) in [5, 5.41) is 16.2. The van der Waals surface area contributed by atoms with Crippen LogP contribution in [0, 0.1) is 16.2 Å². The molecule has 0 rings (SSSR count). The number of carbonyl (C=O) groups excluding carboxylic acids is 5. The zero-order valence-electron chi connectivity index (χ0n) is 11.2. The third-order valence-electron chi connectivity index (χ3n) is 1.42. The van der Waals surface area contributed by atoms with Gasteiger partial charge in [0.2, 0.25) is 30.4 Å². The Labute approximate surface area is 120 Å². The fourth-order valence-corrected chi connectivity index (χ4v) is 0.827. The zero-order chi connectivity index (χ0) is 17.2. The molecule has 0 aliphatic rings. The fourth-order valence-electron chi connectivity index (χ4n) is 0.827. The first-order chi connectivity index (χ1) is 10.2. The molecule has 0 heterocycles. The number of unbranched alkanes of at least 4 members (excludes halogenated alkanes) is 3. The highest BCUT2D eigenvalue weighted by Crippen LogP contribution is 1.99. The van der Waals surface area contributed by atoms with Crippen molar-refractivity contribution in [2.75, 3.05) is 13.1 Å². The molecule has 114 valence electrons. The molecule has 0 radical (unpaired) electrons. The van der Waals surface area contributed by atoms with Crippen molar-refractivity contribution >= 4 is 30.4 Å². The maximum atomic E-state index is 9.63. The molecule has 0 unspecified atom stereocenters. The third-order valence-corrected chi connectivity index (χ3v) is 1.42. The van der Waals surface area contributed by atoms with Crippen LogP contribution in [-0.4, -0.2) is 43.5 Å². The predicted octanol–water partition coefficient (Wildman–Crippen LogP) is 0.921. The van der Waals surface area contributed by atoms with Crippen molar-refractivity contribution in [1.82, 2.24) is 0 Å². The number of aliphatic imine (C=N–C) groups is 2. The van der Waals surface area contributed by atoms with Gasteiger partial charge < -0.3 is 0 Å². The topological polar surface area (TPSA) is 182 Å². The highest BCUT2D eigenvalue weighted by Gasteiger charge is 1.87. The van der Waals surface area contributed by atoms with Crippen molar-refractivity contribution in [3.05, 3.63) is 0 Å². The van der Waals surface area contributed by atoms with Gasteiger partial charge in [-0.1, -0.05) is 12.8 Å². The molecule has 0 saturated heterocycles. The third kappa shape index (κ3) is 108. The van der Waals surface area contributed by atoms with Crippen molar-refractivity contribution < 1.29 is 24.0 Å². The lowest BCUT2D eigenvalue weighted by atomic mass is 10.2. The van der Waals surface area contributed by atoms with E-state index in [1.807, 2.05) is 0 Å². The van der Waals surface area contributed by atoms with Crippen LogP contribution in [0.4, 0.5) is 0 Å². The highest BCUT2D eigenvalue weighted by molar-refractivity contribution is 5.32. The van der Waals surface area contributed by atoms with Gasteiger partial charge in [-0.25, -0.2) is 50.2 Å².